The maximum atomic E-state index is 11.5. The topological polar surface area (TPSA) is 154 Å². The number of phenols is 1. The Morgan fingerprint density at radius 2 is 2.28 bits per heavy atom. The SMILES string of the molecule is Cc1c(Cl)cc(C=NN=C2NC(=O)C(CC(=O)O)S2)c(O)c1[N+](=O)[O-]. The highest BCUT2D eigenvalue weighted by Gasteiger charge is 2.32. The van der Waals surface area contributed by atoms with E-state index >= 15 is 0 Å². The third kappa shape index (κ3) is 4.25. The number of nitrogens with one attached hydrogen (secondary N) is 1. The molecule has 1 heterocycles. The number of amides is 1. The first-order valence-corrected chi connectivity index (χ1v) is 7.93. The Kier molecular flexibility index (Phi) is 5.59. The van der Waals surface area contributed by atoms with Crippen LogP contribution in [0, 0.1) is 17.0 Å². The molecular weight excluding hydrogens is 376 g/mol. The molecule has 1 aliphatic rings. The van der Waals surface area contributed by atoms with E-state index in [-0.39, 0.29) is 27.7 Å². The molecule has 0 aromatic heterocycles. The zero-order valence-corrected chi connectivity index (χ0v) is 14.2. The molecule has 1 aromatic rings. The minimum Gasteiger partial charge on any atom is -0.502 e. The van der Waals surface area contributed by atoms with Gasteiger partial charge in [-0.25, -0.2) is 0 Å². The number of nitro benzene ring substituents is 1. The molecule has 1 aromatic carbocycles. The normalized spacial score (nSPS) is 18.7. The van der Waals surface area contributed by atoms with E-state index in [0.717, 1.165) is 18.0 Å². The van der Waals surface area contributed by atoms with Crippen LogP contribution in [0.5, 0.6) is 5.75 Å². The summed E-state index contributed by atoms with van der Waals surface area (Å²) in [5.41, 5.74) is -0.447. The van der Waals surface area contributed by atoms with Crippen LogP contribution in [0.3, 0.4) is 0 Å². The van der Waals surface area contributed by atoms with Gasteiger partial charge in [-0.2, -0.15) is 5.10 Å². The Morgan fingerprint density at radius 1 is 1.60 bits per heavy atom. The number of nitrogens with zero attached hydrogens (tertiary/aromatic N) is 3. The Labute approximate surface area is 149 Å². The fourth-order valence-corrected chi connectivity index (χ4v) is 3.07. The number of hydrogen-bond donors (Lipinski definition) is 3. The standard InChI is InChI=1S/C13H11ClN4O6S/c1-5-7(14)2-6(11(21)10(5)18(23)24)4-15-17-13-16-12(22)8(25-13)3-9(19)20/h2,4,8,21H,3H2,1H3,(H,19,20)(H,16,17,22). The van der Waals surface area contributed by atoms with Crippen LogP contribution in [0.25, 0.3) is 0 Å². The number of hydrogen-bond acceptors (Lipinski definition) is 8. The molecular formula is C13H11ClN4O6S. The average Bonchev–Trinajstić information content (AvgIpc) is 2.83. The fourth-order valence-electron chi connectivity index (χ4n) is 1.95. The number of carboxylic acid groups (broad SMARTS) is 1. The maximum absolute atomic E-state index is 11.5. The zero-order chi connectivity index (χ0) is 18.7. The summed E-state index contributed by atoms with van der Waals surface area (Å²) in [6.07, 6.45) is 0.678. The molecule has 1 unspecified atom stereocenters. The molecule has 1 aliphatic heterocycles. The molecule has 25 heavy (non-hydrogen) atoms. The van der Waals surface area contributed by atoms with E-state index in [2.05, 4.69) is 15.5 Å². The van der Waals surface area contributed by atoms with E-state index < -0.39 is 33.5 Å². The third-order valence-electron chi connectivity index (χ3n) is 3.16. The lowest BCUT2D eigenvalue weighted by atomic mass is 10.1. The number of phenolic OH excluding ortho intramolecular Hbond substituents is 1. The minimum absolute atomic E-state index is 0.0249. The molecule has 132 valence electrons. The minimum atomic E-state index is -1.12. The van der Waals surface area contributed by atoms with E-state index in [4.69, 9.17) is 16.7 Å². The van der Waals surface area contributed by atoms with Gasteiger partial charge < -0.3 is 15.5 Å². The number of thioether (sulfide) groups is 1. The molecule has 3 N–H and O–H groups in total. The molecule has 0 bridgehead atoms. The number of halogens is 1. The summed E-state index contributed by atoms with van der Waals surface area (Å²) in [5, 5.41) is 38.7. The van der Waals surface area contributed by atoms with Crippen molar-refractivity contribution in [3.8, 4) is 5.75 Å². The van der Waals surface area contributed by atoms with Gasteiger partial charge in [-0.05, 0) is 13.0 Å². The highest BCUT2D eigenvalue weighted by Crippen LogP contribution is 2.36. The summed E-state index contributed by atoms with van der Waals surface area (Å²) < 4.78 is 0. The molecule has 1 amide bonds. The van der Waals surface area contributed by atoms with Crippen molar-refractivity contribution in [3.63, 3.8) is 0 Å². The summed E-state index contributed by atoms with van der Waals surface area (Å²) in [4.78, 5) is 32.4. The quantitative estimate of drug-likeness (QED) is 0.394. The number of carbonyl (C=O) groups is 2. The molecule has 0 aliphatic carbocycles. The van der Waals surface area contributed by atoms with Crippen LogP contribution in [0.4, 0.5) is 5.69 Å². The molecule has 0 saturated carbocycles. The van der Waals surface area contributed by atoms with Gasteiger partial charge in [-0.1, -0.05) is 23.4 Å². The Morgan fingerprint density at radius 3 is 2.88 bits per heavy atom. The second-order valence-corrected chi connectivity index (χ2v) is 6.47. The number of amidine groups is 1. The van der Waals surface area contributed by atoms with Crippen molar-refractivity contribution < 1.29 is 24.7 Å². The van der Waals surface area contributed by atoms with Gasteiger partial charge in [-0.3, -0.25) is 19.7 Å². The molecule has 1 saturated heterocycles. The number of aromatic hydroxyl groups is 1. The number of carboxylic acids is 1. The lowest BCUT2D eigenvalue weighted by molar-refractivity contribution is -0.386. The fraction of sp³-hybridized carbons (Fsp3) is 0.231. The summed E-state index contributed by atoms with van der Waals surface area (Å²) in [7, 11) is 0. The molecule has 1 fully saturated rings. The van der Waals surface area contributed by atoms with Crippen molar-refractivity contribution in [2.24, 2.45) is 10.2 Å². The predicted octanol–water partition coefficient (Wildman–Crippen LogP) is 1.66. The van der Waals surface area contributed by atoms with Gasteiger partial charge in [0.25, 0.3) is 0 Å². The smallest absolute Gasteiger partial charge is 0.315 e. The number of rotatable bonds is 5. The van der Waals surface area contributed by atoms with Crippen LogP contribution in [0.1, 0.15) is 17.5 Å². The van der Waals surface area contributed by atoms with Crippen molar-refractivity contribution in [2.75, 3.05) is 0 Å². The Hall–Kier alpha value is -2.66. The van der Waals surface area contributed by atoms with Gasteiger partial charge in [0.2, 0.25) is 11.7 Å². The van der Waals surface area contributed by atoms with Crippen LogP contribution in [0.2, 0.25) is 5.02 Å². The van der Waals surface area contributed by atoms with Gasteiger partial charge in [-0.15, -0.1) is 5.10 Å². The van der Waals surface area contributed by atoms with Crippen LogP contribution in [-0.2, 0) is 9.59 Å². The summed E-state index contributed by atoms with van der Waals surface area (Å²) in [6, 6.07) is 1.29. The molecule has 2 rings (SSSR count). The van der Waals surface area contributed by atoms with Crippen molar-refractivity contribution >= 4 is 52.3 Å². The van der Waals surface area contributed by atoms with Gasteiger partial charge in [0.05, 0.1) is 22.6 Å². The van der Waals surface area contributed by atoms with Crippen molar-refractivity contribution in [1.29, 1.82) is 0 Å². The van der Waals surface area contributed by atoms with E-state index in [0.29, 0.717) is 0 Å². The number of aliphatic carboxylic acids is 1. The van der Waals surface area contributed by atoms with Crippen LogP contribution in [-0.4, -0.2) is 43.6 Å². The van der Waals surface area contributed by atoms with Crippen molar-refractivity contribution in [2.45, 2.75) is 18.6 Å². The van der Waals surface area contributed by atoms with E-state index in [9.17, 15) is 24.8 Å². The van der Waals surface area contributed by atoms with Crippen LogP contribution in [0.15, 0.2) is 16.3 Å². The lowest BCUT2D eigenvalue weighted by Crippen LogP contribution is -2.26. The lowest BCUT2D eigenvalue weighted by Gasteiger charge is -2.05. The van der Waals surface area contributed by atoms with Crippen LogP contribution >= 0.6 is 23.4 Å². The van der Waals surface area contributed by atoms with Gasteiger partial charge in [0.15, 0.2) is 5.17 Å². The molecule has 0 radical (unpaired) electrons. The van der Waals surface area contributed by atoms with Crippen molar-refractivity contribution in [3.05, 3.63) is 32.3 Å². The predicted molar refractivity (Wildman–Crippen MR) is 91.3 cm³/mol. The second-order valence-electron chi connectivity index (χ2n) is 4.87. The number of nitro groups is 1. The van der Waals surface area contributed by atoms with Crippen molar-refractivity contribution in [1.82, 2.24) is 5.32 Å². The van der Waals surface area contributed by atoms with Gasteiger partial charge in [0.1, 0.15) is 5.25 Å². The average molecular weight is 387 g/mol. The monoisotopic (exact) mass is 386 g/mol. The first-order valence-electron chi connectivity index (χ1n) is 6.67. The highest BCUT2D eigenvalue weighted by molar-refractivity contribution is 8.15. The van der Waals surface area contributed by atoms with E-state index in [1.165, 1.54) is 13.0 Å². The van der Waals surface area contributed by atoms with Gasteiger partial charge >= 0.3 is 11.7 Å². The molecule has 0 spiro atoms. The largest absolute Gasteiger partial charge is 0.502 e. The first-order chi connectivity index (χ1) is 11.7. The van der Waals surface area contributed by atoms with E-state index in [1.807, 2.05) is 0 Å². The zero-order valence-electron chi connectivity index (χ0n) is 12.6. The second kappa shape index (κ2) is 7.49. The number of carbonyl (C=O) groups excluding carboxylic acids is 1. The Balaban J connectivity index is 2.22. The third-order valence-corrected chi connectivity index (χ3v) is 4.62. The summed E-state index contributed by atoms with van der Waals surface area (Å²) in [6.45, 7) is 1.40. The molecule has 1 atom stereocenters. The Bertz CT molecular complexity index is 825. The highest BCUT2D eigenvalue weighted by atomic mass is 35.5. The first kappa shape index (κ1) is 18.7. The molecule has 10 nitrogen and oxygen atoms in total. The summed E-state index contributed by atoms with van der Waals surface area (Å²) in [5.74, 6) is -2.23. The maximum Gasteiger partial charge on any atom is 0.315 e. The summed E-state index contributed by atoms with van der Waals surface area (Å²) >= 11 is 6.80. The van der Waals surface area contributed by atoms with E-state index in [1.54, 1.807) is 0 Å². The molecule has 12 heteroatoms. The van der Waals surface area contributed by atoms with Crippen LogP contribution < -0.4 is 5.32 Å². The van der Waals surface area contributed by atoms with Gasteiger partial charge in [0, 0.05) is 11.1 Å². The number of benzene rings is 1.